The Hall–Kier alpha value is -3.15. The fourth-order valence-electron chi connectivity index (χ4n) is 4.33. The van der Waals surface area contributed by atoms with Crippen LogP contribution >= 0.6 is 0 Å². The first-order chi connectivity index (χ1) is 14.0. The molecule has 0 spiro atoms. The van der Waals surface area contributed by atoms with Crippen LogP contribution in [0.15, 0.2) is 35.4 Å². The Morgan fingerprint density at radius 1 is 0.897 bits per heavy atom. The van der Waals surface area contributed by atoms with E-state index in [1.807, 2.05) is 25.1 Å². The molecule has 29 heavy (non-hydrogen) atoms. The van der Waals surface area contributed by atoms with Gasteiger partial charge in [0.25, 0.3) is 0 Å². The lowest BCUT2D eigenvalue weighted by Crippen LogP contribution is -2.18. The van der Waals surface area contributed by atoms with Gasteiger partial charge in [0.2, 0.25) is 5.75 Å². The number of ether oxygens (including phenoxy) is 5. The summed E-state index contributed by atoms with van der Waals surface area (Å²) in [5, 5.41) is 0. The van der Waals surface area contributed by atoms with E-state index in [4.69, 9.17) is 23.7 Å². The van der Waals surface area contributed by atoms with Gasteiger partial charge in [0, 0.05) is 5.92 Å². The predicted octanol–water partition coefficient (Wildman–Crippen LogP) is 3.57. The normalized spacial score (nSPS) is 17.4. The van der Waals surface area contributed by atoms with Crippen LogP contribution in [-0.2, 0) is 16.0 Å². The maximum absolute atomic E-state index is 12.7. The summed E-state index contributed by atoms with van der Waals surface area (Å²) in [6.45, 7) is 2.35. The van der Waals surface area contributed by atoms with Crippen LogP contribution in [0.4, 0.5) is 0 Å². The van der Waals surface area contributed by atoms with Crippen molar-refractivity contribution in [2.45, 2.75) is 19.3 Å². The van der Waals surface area contributed by atoms with Crippen molar-refractivity contribution in [2.75, 3.05) is 35.0 Å². The van der Waals surface area contributed by atoms with E-state index >= 15 is 0 Å². The van der Waals surface area contributed by atoms with Crippen molar-refractivity contribution in [1.29, 1.82) is 0 Å². The Labute approximate surface area is 170 Å². The van der Waals surface area contributed by atoms with E-state index in [0.717, 1.165) is 28.0 Å². The molecule has 0 aromatic heterocycles. The van der Waals surface area contributed by atoms with Crippen molar-refractivity contribution in [2.24, 2.45) is 0 Å². The number of fused-ring (bicyclic) bond motifs is 1. The number of benzene rings is 2. The number of hydrogen-bond acceptors (Lipinski definition) is 6. The van der Waals surface area contributed by atoms with Crippen LogP contribution < -0.4 is 18.9 Å². The zero-order valence-corrected chi connectivity index (χ0v) is 17.3. The molecule has 0 saturated carbocycles. The van der Waals surface area contributed by atoms with Gasteiger partial charge in [-0.05, 0) is 59.4 Å². The largest absolute Gasteiger partial charge is 0.496 e. The Kier molecular flexibility index (Phi) is 4.86. The van der Waals surface area contributed by atoms with E-state index in [2.05, 4.69) is 6.07 Å². The van der Waals surface area contributed by atoms with Gasteiger partial charge in [0.1, 0.15) is 12.4 Å². The van der Waals surface area contributed by atoms with Crippen molar-refractivity contribution in [1.82, 2.24) is 0 Å². The van der Waals surface area contributed by atoms with E-state index in [1.165, 1.54) is 5.56 Å². The number of aryl methyl sites for hydroxylation is 1. The van der Waals surface area contributed by atoms with Gasteiger partial charge in [-0.1, -0.05) is 6.07 Å². The molecule has 2 aromatic carbocycles. The highest BCUT2D eigenvalue weighted by Crippen LogP contribution is 2.48. The van der Waals surface area contributed by atoms with Gasteiger partial charge in [-0.25, -0.2) is 4.79 Å². The van der Waals surface area contributed by atoms with Crippen LogP contribution in [0, 0.1) is 6.92 Å². The maximum atomic E-state index is 12.7. The van der Waals surface area contributed by atoms with Gasteiger partial charge in [0.15, 0.2) is 11.5 Å². The number of carbonyl (C=O) groups excluding carboxylic acids is 1. The molecule has 2 aliphatic rings. The van der Waals surface area contributed by atoms with E-state index in [0.29, 0.717) is 35.8 Å². The molecule has 2 aromatic rings. The number of hydrogen-bond donors (Lipinski definition) is 0. The molecule has 1 atom stereocenters. The molecule has 4 rings (SSSR count). The van der Waals surface area contributed by atoms with Gasteiger partial charge in [-0.2, -0.15) is 0 Å². The Morgan fingerprint density at radius 3 is 2.14 bits per heavy atom. The molecule has 6 nitrogen and oxygen atoms in total. The van der Waals surface area contributed by atoms with Crippen molar-refractivity contribution in [3.63, 3.8) is 0 Å². The molecule has 0 amide bonds. The lowest BCUT2D eigenvalue weighted by Gasteiger charge is -2.28. The number of carbonyl (C=O) groups is 1. The summed E-state index contributed by atoms with van der Waals surface area (Å²) in [7, 11) is 6.38. The summed E-state index contributed by atoms with van der Waals surface area (Å²) in [5.74, 6) is 1.81. The number of methoxy groups -OCH3 is 4. The highest BCUT2D eigenvalue weighted by molar-refractivity contribution is 5.95. The molecule has 1 heterocycles. The molecule has 1 aliphatic carbocycles. The van der Waals surface area contributed by atoms with Gasteiger partial charge in [-0.3, -0.25) is 0 Å². The molecule has 0 bridgehead atoms. The van der Waals surface area contributed by atoms with E-state index in [9.17, 15) is 4.79 Å². The van der Waals surface area contributed by atoms with Crippen LogP contribution in [0.25, 0.3) is 0 Å². The minimum Gasteiger partial charge on any atom is -0.496 e. The SMILES string of the molecule is COc1cc2c(cc1C)CC1=C(C(=O)OC1)[C@@H]2c1cc(OC)c(OC)c(OC)c1. The third-order valence-electron chi connectivity index (χ3n) is 5.66. The van der Waals surface area contributed by atoms with E-state index in [-0.39, 0.29) is 11.9 Å². The topological polar surface area (TPSA) is 63.2 Å². The quantitative estimate of drug-likeness (QED) is 0.720. The van der Waals surface area contributed by atoms with Gasteiger partial charge < -0.3 is 23.7 Å². The first-order valence-corrected chi connectivity index (χ1v) is 9.38. The number of cyclic esters (lactones) is 1. The fourth-order valence-corrected chi connectivity index (χ4v) is 4.33. The summed E-state index contributed by atoms with van der Waals surface area (Å²) in [6.07, 6.45) is 0.697. The Balaban J connectivity index is 1.98. The molecule has 0 saturated heterocycles. The first-order valence-electron chi connectivity index (χ1n) is 9.38. The standard InChI is InChI=1S/C23H24O6/c1-12-6-13-7-15-11-29-23(24)21(15)20(16(13)10-17(12)25-2)14-8-18(26-3)22(28-5)19(9-14)27-4/h6,8-10,20H,7,11H2,1-5H3/t20-/m1/s1. The average molecular weight is 396 g/mol. The van der Waals surface area contributed by atoms with Crippen LogP contribution in [0.3, 0.4) is 0 Å². The summed E-state index contributed by atoms with van der Waals surface area (Å²) in [6, 6.07) is 7.94. The minimum atomic E-state index is -0.299. The van der Waals surface area contributed by atoms with E-state index in [1.54, 1.807) is 28.4 Å². The second kappa shape index (κ2) is 7.35. The molecule has 0 fully saturated rings. The van der Waals surface area contributed by atoms with Crippen LogP contribution in [0.1, 0.15) is 28.2 Å². The van der Waals surface area contributed by atoms with E-state index < -0.39 is 0 Å². The monoisotopic (exact) mass is 396 g/mol. The lowest BCUT2D eigenvalue weighted by atomic mass is 9.75. The van der Waals surface area contributed by atoms with Gasteiger partial charge in [-0.15, -0.1) is 0 Å². The average Bonchev–Trinajstić information content (AvgIpc) is 3.10. The summed E-state index contributed by atoms with van der Waals surface area (Å²) in [4.78, 5) is 12.7. The van der Waals surface area contributed by atoms with Crippen molar-refractivity contribution in [3.05, 3.63) is 57.7 Å². The molecular weight excluding hydrogens is 372 g/mol. The molecule has 0 radical (unpaired) electrons. The zero-order valence-electron chi connectivity index (χ0n) is 17.3. The van der Waals surface area contributed by atoms with Crippen LogP contribution in [0.2, 0.25) is 0 Å². The maximum Gasteiger partial charge on any atom is 0.335 e. The third-order valence-corrected chi connectivity index (χ3v) is 5.66. The number of esters is 1. The van der Waals surface area contributed by atoms with Crippen LogP contribution in [-0.4, -0.2) is 41.0 Å². The molecule has 6 heteroatoms. The third kappa shape index (κ3) is 2.99. The van der Waals surface area contributed by atoms with Crippen molar-refractivity contribution in [3.8, 4) is 23.0 Å². The smallest absolute Gasteiger partial charge is 0.335 e. The molecule has 152 valence electrons. The Morgan fingerprint density at radius 2 is 1.55 bits per heavy atom. The first kappa shape index (κ1) is 19.2. The molecular formula is C23H24O6. The summed E-state index contributed by atoms with van der Waals surface area (Å²) in [5.41, 5.74) is 5.84. The number of rotatable bonds is 5. The second-order valence-corrected chi connectivity index (χ2v) is 7.18. The van der Waals surface area contributed by atoms with Gasteiger partial charge in [0.05, 0.1) is 34.0 Å². The summed E-state index contributed by atoms with van der Waals surface area (Å²) >= 11 is 0. The Bertz CT molecular complexity index is 995. The summed E-state index contributed by atoms with van der Waals surface area (Å²) < 4.78 is 27.5. The minimum absolute atomic E-state index is 0.274. The zero-order chi connectivity index (χ0) is 20.7. The van der Waals surface area contributed by atoms with Crippen molar-refractivity contribution < 1.29 is 28.5 Å². The van der Waals surface area contributed by atoms with Crippen LogP contribution in [0.5, 0.6) is 23.0 Å². The highest BCUT2D eigenvalue weighted by atomic mass is 16.5. The highest BCUT2D eigenvalue weighted by Gasteiger charge is 2.39. The van der Waals surface area contributed by atoms with Crippen molar-refractivity contribution >= 4 is 5.97 Å². The molecule has 1 aliphatic heterocycles. The molecule has 0 unspecified atom stereocenters. The lowest BCUT2D eigenvalue weighted by molar-refractivity contribution is -0.136. The second-order valence-electron chi connectivity index (χ2n) is 7.18. The van der Waals surface area contributed by atoms with Gasteiger partial charge >= 0.3 is 5.97 Å². The molecule has 0 N–H and O–H groups in total. The fraction of sp³-hybridized carbons (Fsp3) is 0.348. The predicted molar refractivity (Wildman–Crippen MR) is 107 cm³/mol.